The van der Waals surface area contributed by atoms with Crippen molar-refractivity contribution in [1.29, 1.82) is 0 Å². The summed E-state index contributed by atoms with van der Waals surface area (Å²) in [5.41, 5.74) is 1.64. The number of ether oxygens (including phenoxy) is 1. The van der Waals surface area contributed by atoms with Gasteiger partial charge in [0.1, 0.15) is 17.8 Å². The van der Waals surface area contributed by atoms with Gasteiger partial charge in [0.25, 0.3) is 0 Å². The monoisotopic (exact) mass is 259 g/mol. The molecule has 2 rings (SSSR count). The van der Waals surface area contributed by atoms with E-state index in [9.17, 15) is 4.79 Å². The summed E-state index contributed by atoms with van der Waals surface area (Å²) in [6.07, 6.45) is 2.51. The lowest BCUT2D eigenvalue weighted by atomic mass is 10.1. The fourth-order valence-corrected chi connectivity index (χ4v) is 2.01. The Bertz CT molecular complexity index is 534. The Kier molecular flexibility index (Phi) is 4.36. The van der Waals surface area contributed by atoms with Crippen molar-refractivity contribution in [2.45, 2.75) is 13.1 Å². The molecule has 0 radical (unpaired) electrons. The first-order valence-corrected chi connectivity index (χ1v) is 6.06. The summed E-state index contributed by atoms with van der Waals surface area (Å²) >= 11 is 0. The number of aldehydes is 1. The minimum absolute atomic E-state index is 0.655. The van der Waals surface area contributed by atoms with Crippen molar-refractivity contribution in [3.05, 3.63) is 53.5 Å². The molecule has 0 N–H and O–H groups in total. The molecule has 0 amide bonds. The molecule has 0 atom stereocenters. The molecule has 0 saturated heterocycles. The van der Waals surface area contributed by atoms with Crippen LogP contribution in [-0.4, -0.2) is 25.3 Å². The maximum atomic E-state index is 10.8. The van der Waals surface area contributed by atoms with E-state index in [1.54, 1.807) is 19.4 Å². The van der Waals surface area contributed by atoms with Gasteiger partial charge in [-0.2, -0.15) is 0 Å². The molecule has 19 heavy (non-hydrogen) atoms. The highest BCUT2D eigenvalue weighted by atomic mass is 16.5. The minimum atomic E-state index is 0.655. The maximum absolute atomic E-state index is 10.8. The molecule has 1 aromatic carbocycles. The molecule has 0 unspecified atom stereocenters. The SMILES string of the molecule is COc1ccc(C=O)cc1CN(C)Cc1ccco1. The summed E-state index contributed by atoms with van der Waals surface area (Å²) < 4.78 is 10.6. The number of benzene rings is 1. The predicted octanol–water partition coefficient (Wildman–Crippen LogP) is 2.73. The second kappa shape index (κ2) is 6.20. The second-order valence-electron chi connectivity index (χ2n) is 4.44. The quantitative estimate of drug-likeness (QED) is 0.748. The standard InChI is InChI=1S/C15H17NO3/c1-16(10-14-4-3-7-19-14)9-13-8-12(11-17)5-6-15(13)18-2/h3-8,11H,9-10H2,1-2H3. The molecule has 0 aliphatic carbocycles. The topological polar surface area (TPSA) is 42.7 Å². The Morgan fingerprint density at radius 1 is 1.32 bits per heavy atom. The largest absolute Gasteiger partial charge is 0.496 e. The smallest absolute Gasteiger partial charge is 0.150 e. The average molecular weight is 259 g/mol. The minimum Gasteiger partial charge on any atom is -0.496 e. The molecule has 0 saturated carbocycles. The van der Waals surface area contributed by atoms with Gasteiger partial charge in [-0.1, -0.05) is 0 Å². The lowest BCUT2D eigenvalue weighted by Gasteiger charge is -2.17. The van der Waals surface area contributed by atoms with Crippen LogP contribution >= 0.6 is 0 Å². The maximum Gasteiger partial charge on any atom is 0.150 e. The third kappa shape index (κ3) is 3.45. The van der Waals surface area contributed by atoms with Crippen LogP contribution in [0.2, 0.25) is 0 Å². The molecule has 4 heteroatoms. The van der Waals surface area contributed by atoms with E-state index in [1.165, 1.54) is 0 Å². The lowest BCUT2D eigenvalue weighted by molar-refractivity contribution is 0.112. The van der Waals surface area contributed by atoms with Crippen molar-refractivity contribution in [3.63, 3.8) is 0 Å². The van der Waals surface area contributed by atoms with Crippen molar-refractivity contribution in [2.75, 3.05) is 14.2 Å². The Labute approximate surface area is 112 Å². The third-order valence-corrected chi connectivity index (χ3v) is 2.89. The molecule has 4 nitrogen and oxygen atoms in total. The lowest BCUT2D eigenvalue weighted by Crippen LogP contribution is -2.17. The summed E-state index contributed by atoms with van der Waals surface area (Å²) in [5, 5.41) is 0. The van der Waals surface area contributed by atoms with Crippen LogP contribution in [0.3, 0.4) is 0 Å². The summed E-state index contributed by atoms with van der Waals surface area (Å²) in [5.74, 6) is 1.70. The van der Waals surface area contributed by atoms with E-state index in [-0.39, 0.29) is 0 Å². The Hall–Kier alpha value is -2.07. The van der Waals surface area contributed by atoms with Crippen LogP contribution in [-0.2, 0) is 13.1 Å². The van der Waals surface area contributed by atoms with Gasteiger partial charge in [-0.05, 0) is 37.4 Å². The van der Waals surface area contributed by atoms with E-state index in [4.69, 9.17) is 9.15 Å². The van der Waals surface area contributed by atoms with Gasteiger partial charge in [-0.3, -0.25) is 9.69 Å². The van der Waals surface area contributed by atoms with Crippen LogP contribution < -0.4 is 4.74 Å². The molecule has 0 aliphatic heterocycles. The Morgan fingerprint density at radius 2 is 2.16 bits per heavy atom. The normalized spacial score (nSPS) is 10.7. The zero-order valence-electron chi connectivity index (χ0n) is 11.1. The second-order valence-corrected chi connectivity index (χ2v) is 4.44. The number of furan rings is 1. The average Bonchev–Trinajstić information content (AvgIpc) is 2.91. The number of hydrogen-bond donors (Lipinski definition) is 0. The molecule has 100 valence electrons. The number of carbonyl (C=O) groups is 1. The highest BCUT2D eigenvalue weighted by molar-refractivity contribution is 5.75. The number of methoxy groups -OCH3 is 1. The van der Waals surface area contributed by atoms with Gasteiger partial charge in [-0.25, -0.2) is 0 Å². The van der Waals surface area contributed by atoms with Crippen LogP contribution in [0.1, 0.15) is 21.7 Å². The van der Waals surface area contributed by atoms with Gasteiger partial charge in [0.15, 0.2) is 0 Å². The van der Waals surface area contributed by atoms with Crippen LogP contribution in [0.15, 0.2) is 41.0 Å². The molecule has 0 bridgehead atoms. The van der Waals surface area contributed by atoms with Crippen LogP contribution in [0, 0.1) is 0 Å². The molecular formula is C15H17NO3. The van der Waals surface area contributed by atoms with Crippen molar-refractivity contribution < 1.29 is 13.9 Å². The van der Waals surface area contributed by atoms with Gasteiger partial charge in [-0.15, -0.1) is 0 Å². The molecule has 0 spiro atoms. The van der Waals surface area contributed by atoms with E-state index < -0.39 is 0 Å². The third-order valence-electron chi connectivity index (χ3n) is 2.89. The number of rotatable bonds is 6. The first-order chi connectivity index (χ1) is 9.22. The van der Waals surface area contributed by atoms with Crippen LogP contribution in [0.4, 0.5) is 0 Å². The summed E-state index contributed by atoms with van der Waals surface area (Å²) in [6.45, 7) is 1.40. The van der Waals surface area contributed by atoms with Crippen LogP contribution in [0.5, 0.6) is 5.75 Å². The summed E-state index contributed by atoms with van der Waals surface area (Å²) in [7, 11) is 3.63. The van der Waals surface area contributed by atoms with Gasteiger partial charge in [0.05, 0.1) is 19.9 Å². The van der Waals surface area contributed by atoms with E-state index in [2.05, 4.69) is 4.90 Å². The first kappa shape index (κ1) is 13.4. The highest BCUT2D eigenvalue weighted by Gasteiger charge is 2.09. The van der Waals surface area contributed by atoms with Gasteiger partial charge in [0.2, 0.25) is 0 Å². The number of hydrogen-bond acceptors (Lipinski definition) is 4. The molecule has 0 aliphatic rings. The van der Waals surface area contributed by atoms with Crippen molar-refractivity contribution >= 4 is 6.29 Å². The Morgan fingerprint density at radius 3 is 2.79 bits per heavy atom. The fourth-order valence-electron chi connectivity index (χ4n) is 2.01. The van der Waals surface area contributed by atoms with Gasteiger partial charge >= 0.3 is 0 Å². The highest BCUT2D eigenvalue weighted by Crippen LogP contribution is 2.21. The zero-order valence-corrected chi connectivity index (χ0v) is 11.1. The van der Waals surface area contributed by atoms with Crippen molar-refractivity contribution in [1.82, 2.24) is 4.90 Å². The molecule has 1 heterocycles. The summed E-state index contributed by atoms with van der Waals surface area (Å²) in [6, 6.07) is 9.23. The number of nitrogens with zero attached hydrogens (tertiary/aromatic N) is 1. The van der Waals surface area contributed by atoms with Gasteiger partial charge in [0, 0.05) is 17.7 Å². The predicted molar refractivity (Wildman–Crippen MR) is 72.3 cm³/mol. The molecule has 0 fully saturated rings. The fraction of sp³-hybridized carbons (Fsp3) is 0.267. The molecule has 2 aromatic rings. The van der Waals surface area contributed by atoms with E-state index in [0.29, 0.717) is 18.7 Å². The van der Waals surface area contributed by atoms with E-state index in [0.717, 1.165) is 23.4 Å². The molecule has 1 aromatic heterocycles. The summed E-state index contributed by atoms with van der Waals surface area (Å²) in [4.78, 5) is 12.9. The van der Waals surface area contributed by atoms with Gasteiger partial charge < -0.3 is 9.15 Å². The number of carbonyl (C=O) groups excluding carboxylic acids is 1. The zero-order chi connectivity index (χ0) is 13.7. The first-order valence-electron chi connectivity index (χ1n) is 6.06. The van der Waals surface area contributed by atoms with E-state index >= 15 is 0 Å². The van der Waals surface area contributed by atoms with E-state index in [1.807, 2.05) is 31.3 Å². The van der Waals surface area contributed by atoms with Crippen LogP contribution in [0.25, 0.3) is 0 Å². The van der Waals surface area contributed by atoms with Crippen molar-refractivity contribution in [2.24, 2.45) is 0 Å². The van der Waals surface area contributed by atoms with Crippen molar-refractivity contribution in [3.8, 4) is 5.75 Å². The Balaban J connectivity index is 2.10. The molecular weight excluding hydrogens is 242 g/mol.